The van der Waals surface area contributed by atoms with E-state index in [0.29, 0.717) is 18.8 Å². The third-order valence-corrected chi connectivity index (χ3v) is 5.61. The number of hydroxylamine groups is 1. The minimum atomic E-state index is -0.704. The highest BCUT2D eigenvalue weighted by Gasteiger charge is 2.30. The Kier molecular flexibility index (Phi) is 10.2. The largest absolute Gasteiger partial charge is 0.357 e. The SMILES string of the molecule is C=CCCCC(=O)N(CC(C)C)C(=O)NOC(=O)C[C@H](c1cccnc1)C1CCCC1. The van der Waals surface area contributed by atoms with Gasteiger partial charge in [0.05, 0.1) is 6.42 Å². The molecular weight excluding hydrogens is 394 g/mol. The maximum absolute atomic E-state index is 12.6. The van der Waals surface area contributed by atoms with Crippen molar-refractivity contribution in [2.75, 3.05) is 6.54 Å². The van der Waals surface area contributed by atoms with Crippen molar-refractivity contribution in [2.45, 2.75) is 71.1 Å². The van der Waals surface area contributed by atoms with Crippen LogP contribution < -0.4 is 5.48 Å². The van der Waals surface area contributed by atoms with Gasteiger partial charge in [0.2, 0.25) is 5.91 Å². The molecule has 2 rings (SSSR count). The molecule has 0 aliphatic heterocycles. The van der Waals surface area contributed by atoms with Crippen LogP contribution in [-0.4, -0.2) is 34.3 Å². The van der Waals surface area contributed by atoms with Crippen LogP contribution in [0.25, 0.3) is 0 Å². The number of unbranched alkanes of at least 4 members (excludes halogenated alkanes) is 1. The Morgan fingerprint density at radius 1 is 1.32 bits per heavy atom. The number of nitrogens with zero attached hydrogens (tertiary/aromatic N) is 2. The fraction of sp³-hybridized carbons (Fsp3) is 0.583. The monoisotopic (exact) mass is 429 g/mol. The first kappa shape index (κ1) is 24.6. The summed E-state index contributed by atoms with van der Waals surface area (Å²) in [5.74, 6) is -0.299. The van der Waals surface area contributed by atoms with Gasteiger partial charge >= 0.3 is 12.0 Å². The molecule has 0 radical (unpaired) electrons. The van der Waals surface area contributed by atoms with E-state index in [4.69, 9.17) is 4.84 Å². The van der Waals surface area contributed by atoms with Crippen molar-refractivity contribution in [3.05, 3.63) is 42.7 Å². The molecule has 1 heterocycles. The molecule has 1 fully saturated rings. The summed E-state index contributed by atoms with van der Waals surface area (Å²) < 4.78 is 0. The Morgan fingerprint density at radius 3 is 2.68 bits per heavy atom. The summed E-state index contributed by atoms with van der Waals surface area (Å²) in [6, 6.07) is 3.14. The van der Waals surface area contributed by atoms with Gasteiger partial charge in [-0.1, -0.05) is 38.8 Å². The molecule has 0 saturated heterocycles. The number of amides is 3. The minimum Gasteiger partial charge on any atom is -0.339 e. The lowest BCUT2D eigenvalue weighted by molar-refractivity contribution is -0.150. The zero-order valence-electron chi connectivity index (χ0n) is 18.7. The lowest BCUT2D eigenvalue weighted by atomic mass is 9.83. The normalized spacial score (nSPS) is 14.8. The summed E-state index contributed by atoms with van der Waals surface area (Å²) in [7, 11) is 0. The Morgan fingerprint density at radius 2 is 2.06 bits per heavy atom. The molecule has 7 heteroatoms. The van der Waals surface area contributed by atoms with Crippen molar-refractivity contribution in [2.24, 2.45) is 11.8 Å². The molecule has 0 bridgehead atoms. The standard InChI is InChI=1S/C24H35N3O4/c1-4-5-6-13-22(28)27(17-18(2)3)24(30)26-31-23(29)15-21(19-10-7-8-11-19)20-12-9-14-25-16-20/h4,9,12,14,16,18-19,21H,1,5-8,10-11,13,15,17H2,2-3H3,(H,26,30)/t21-/m0/s1. The number of aromatic nitrogens is 1. The van der Waals surface area contributed by atoms with Crippen molar-refractivity contribution < 1.29 is 19.2 Å². The lowest BCUT2D eigenvalue weighted by Gasteiger charge is -2.24. The van der Waals surface area contributed by atoms with Crippen molar-refractivity contribution in [3.8, 4) is 0 Å². The fourth-order valence-corrected chi connectivity index (χ4v) is 4.08. The lowest BCUT2D eigenvalue weighted by Crippen LogP contribution is -2.46. The van der Waals surface area contributed by atoms with Gasteiger partial charge in [0, 0.05) is 25.4 Å². The number of allylic oxidation sites excluding steroid dienone is 1. The molecule has 1 N–H and O–H groups in total. The van der Waals surface area contributed by atoms with E-state index in [1.54, 1.807) is 18.5 Å². The number of hydrogen-bond acceptors (Lipinski definition) is 5. The smallest absolute Gasteiger partial charge is 0.339 e. The second-order valence-electron chi connectivity index (χ2n) is 8.60. The number of nitrogens with one attached hydrogen (secondary N) is 1. The van der Waals surface area contributed by atoms with Crippen LogP contribution in [0.3, 0.4) is 0 Å². The van der Waals surface area contributed by atoms with Gasteiger partial charge < -0.3 is 4.84 Å². The Bertz CT molecular complexity index is 730. The molecule has 1 atom stereocenters. The van der Waals surface area contributed by atoms with Crippen molar-refractivity contribution in [1.82, 2.24) is 15.4 Å². The van der Waals surface area contributed by atoms with Crippen LogP contribution in [0.15, 0.2) is 37.2 Å². The quantitative estimate of drug-likeness (QED) is 0.329. The second-order valence-corrected chi connectivity index (χ2v) is 8.60. The van der Waals surface area contributed by atoms with Crippen LogP contribution in [0, 0.1) is 11.8 Å². The molecule has 7 nitrogen and oxygen atoms in total. The van der Waals surface area contributed by atoms with E-state index in [-0.39, 0.29) is 37.1 Å². The topological polar surface area (TPSA) is 88.6 Å². The highest BCUT2D eigenvalue weighted by atomic mass is 16.7. The van der Waals surface area contributed by atoms with Crippen LogP contribution in [0.5, 0.6) is 0 Å². The molecule has 0 aromatic carbocycles. The van der Waals surface area contributed by atoms with E-state index in [2.05, 4.69) is 17.0 Å². The number of pyridine rings is 1. The summed E-state index contributed by atoms with van der Waals surface area (Å²) in [5, 5.41) is 0. The number of imide groups is 1. The summed E-state index contributed by atoms with van der Waals surface area (Å²) in [4.78, 5) is 48.0. The average Bonchev–Trinajstić information content (AvgIpc) is 3.29. The van der Waals surface area contributed by atoms with Crippen LogP contribution in [0.1, 0.15) is 76.7 Å². The van der Waals surface area contributed by atoms with Crippen molar-refractivity contribution >= 4 is 17.9 Å². The molecule has 1 aromatic heterocycles. The molecule has 1 aliphatic rings. The third kappa shape index (κ3) is 8.15. The molecule has 170 valence electrons. The van der Waals surface area contributed by atoms with Crippen molar-refractivity contribution in [1.29, 1.82) is 0 Å². The van der Waals surface area contributed by atoms with Crippen LogP contribution >= 0.6 is 0 Å². The first-order valence-electron chi connectivity index (χ1n) is 11.2. The van der Waals surface area contributed by atoms with Gasteiger partial charge in [-0.05, 0) is 55.1 Å². The Hall–Kier alpha value is -2.70. The van der Waals surface area contributed by atoms with Crippen molar-refractivity contribution in [3.63, 3.8) is 0 Å². The van der Waals surface area contributed by atoms with Gasteiger partial charge in [-0.15, -0.1) is 6.58 Å². The molecule has 3 amide bonds. The first-order valence-corrected chi connectivity index (χ1v) is 11.2. The number of carbonyl (C=O) groups excluding carboxylic acids is 3. The molecule has 0 spiro atoms. The zero-order valence-corrected chi connectivity index (χ0v) is 18.7. The number of rotatable bonds is 10. The van der Waals surface area contributed by atoms with Crippen LogP contribution in [-0.2, 0) is 14.4 Å². The molecule has 31 heavy (non-hydrogen) atoms. The predicted octanol–water partition coefficient (Wildman–Crippen LogP) is 4.75. The second kappa shape index (κ2) is 12.9. The van der Waals surface area contributed by atoms with Gasteiger partial charge in [0.1, 0.15) is 0 Å². The van der Waals surface area contributed by atoms with Gasteiger partial charge in [-0.3, -0.25) is 14.7 Å². The van der Waals surface area contributed by atoms with E-state index in [9.17, 15) is 14.4 Å². The summed E-state index contributed by atoms with van der Waals surface area (Å²) in [6.45, 7) is 7.74. The molecule has 0 unspecified atom stereocenters. The van der Waals surface area contributed by atoms with E-state index >= 15 is 0 Å². The summed E-state index contributed by atoms with van der Waals surface area (Å²) in [6.07, 6.45) is 11.4. The molecule has 1 saturated carbocycles. The number of urea groups is 1. The number of carbonyl (C=O) groups is 3. The van der Waals surface area contributed by atoms with Crippen LogP contribution in [0.4, 0.5) is 4.79 Å². The van der Waals surface area contributed by atoms with Gasteiger partial charge in [-0.2, -0.15) is 5.48 Å². The van der Waals surface area contributed by atoms with E-state index in [0.717, 1.165) is 36.1 Å². The summed E-state index contributed by atoms with van der Waals surface area (Å²) >= 11 is 0. The van der Waals surface area contributed by atoms with E-state index in [1.807, 2.05) is 26.0 Å². The number of hydrogen-bond donors (Lipinski definition) is 1. The highest BCUT2D eigenvalue weighted by Crippen LogP contribution is 2.39. The zero-order chi connectivity index (χ0) is 22.6. The maximum atomic E-state index is 12.6. The van der Waals surface area contributed by atoms with Gasteiger partial charge in [0.15, 0.2) is 0 Å². The van der Waals surface area contributed by atoms with Gasteiger partial charge in [-0.25, -0.2) is 9.59 Å². The predicted molar refractivity (Wildman–Crippen MR) is 119 cm³/mol. The maximum Gasteiger partial charge on any atom is 0.357 e. The van der Waals surface area contributed by atoms with E-state index in [1.165, 1.54) is 0 Å². The van der Waals surface area contributed by atoms with Crippen LogP contribution in [0.2, 0.25) is 0 Å². The van der Waals surface area contributed by atoms with E-state index < -0.39 is 12.0 Å². The average molecular weight is 430 g/mol. The molecule has 1 aromatic rings. The van der Waals surface area contributed by atoms with Gasteiger partial charge in [0.25, 0.3) is 0 Å². The minimum absolute atomic E-state index is 0.00732. The third-order valence-electron chi connectivity index (χ3n) is 5.61. The Labute approximate surface area is 185 Å². The summed E-state index contributed by atoms with van der Waals surface area (Å²) in [5.41, 5.74) is 3.20. The highest BCUT2D eigenvalue weighted by molar-refractivity contribution is 5.94. The Balaban J connectivity index is 1.95. The molecular formula is C24H35N3O4. The fourth-order valence-electron chi connectivity index (χ4n) is 4.08. The molecule has 1 aliphatic carbocycles. The first-order chi connectivity index (χ1) is 14.9.